The van der Waals surface area contributed by atoms with Crippen LogP contribution >= 0.6 is 58.0 Å². The molecule has 3 aliphatic rings. The van der Waals surface area contributed by atoms with E-state index in [1.165, 1.54) is 55.6 Å². The zero-order chi connectivity index (χ0) is 58.9. The maximum Gasteiger partial charge on any atom is 0.586 e. The number of carbonyl (C=O) groups excluding carboxylic acids is 1. The summed E-state index contributed by atoms with van der Waals surface area (Å²) in [5.74, 6) is -0.999. The third-order valence-electron chi connectivity index (χ3n) is 10.4. The quantitative estimate of drug-likeness (QED) is 0.0896. The molecule has 0 radical (unpaired) electrons. The molecule has 8 heterocycles. The van der Waals surface area contributed by atoms with Crippen LogP contribution in [-0.2, 0) is 17.8 Å². The summed E-state index contributed by atoms with van der Waals surface area (Å²) in [7, 11) is 4.98. The lowest BCUT2D eigenvalue weighted by Gasteiger charge is -2.21. The summed E-state index contributed by atoms with van der Waals surface area (Å²) in [4.78, 5) is 44.4. The minimum absolute atomic E-state index is 0.0497. The highest BCUT2D eigenvalue weighted by Crippen LogP contribution is 2.47. The minimum Gasteiger partial charge on any atom is -0.477 e. The summed E-state index contributed by atoms with van der Waals surface area (Å²) in [6.07, 6.45) is -4.42. The number of ether oxygens (including phenoxy) is 7. The number of nitrogens with one attached hydrogen (secondary N) is 1. The van der Waals surface area contributed by atoms with Crippen molar-refractivity contribution in [3.8, 4) is 57.3 Å². The Morgan fingerprint density at radius 3 is 1.51 bits per heavy atom. The molecule has 4 N–H and O–H groups in total. The topological polar surface area (TPSA) is 260 Å². The molecule has 2 aromatic carbocycles. The molecule has 0 unspecified atom stereocenters. The number of carbonyl (C=O) groups is 2. The molecule has 10 rings (SSSR count). The number of pyridine rings is 2. The standard InChI is InChI=1S/C19H15ClF2N4O3.C12H7ClF2N2O2.C7H10N2O2.C5H6ClN3O2.C5H11NO.CH2Cl2/c1-3-26-14(6-10(2)25-26)18(27)24-17-5-4-11(9-23-17)12-7-15-16(8-13(12)20)29-19(21,22)28-15;13-8-4-10-9(18-12(14,15)19-10)3-7(8)6-1-2-11(16)17-5-6;1-3-9-6(7(10)11)4-5(2)8-9;1-10-4-7-3(6)8-5(9-4)11-2;1-6-2-4-7-5-3-6;2-1-3/h4-9H,3H2,1-2H3,(H,23,24,27);1-5H,(H2,16,17);4H,3H2,1-2H3,(H,10,11);1-2H3;2-5H2,1H3;1H2. The molecule has 1 amide bonds. The van der Waals surface area contributed by atoms with Crippen LogP contribution in [-0.4, -0.2) is 132 Å². The zero-order valence-corrected chi connectivity index (χ0v) is 47.2. The van der Waals surface area contributed by atoms with Gasteiger partial charge in [0.2, 0.25) is 5.28 Å². The molecule has 22 nitrogen and oxygen atoms in total. The van der Waals surface area contributed by atoms with Crippen molar-refractivity contribution in [1.82, 2.24) is 49.4 Å². The van der Waals surface area contributed by atoms with Crippen LogP contribution in [0.2, 0.25) is 15.3 Å². The zero-order valence-electron chi connectivity index (χ0n) is 43.5. The van der Waals surface area contributed by atoms with Crippen molar-refractivity contribution in [2.45, 2.75) is 53.4 Å². The van der Waals surface area contributed by atoms with Crippen LogP contribution in [0, 0.1) is 13.8 Å². The Bertz CT molecular complexity index is 3180. The van der Waals surface area contributed by atoms with E-state index in [4.69, 9.17) is 83.1 Å². The molecule has 430 valence electrons. The van der Waals surface area contributed by atoms with Gasteiger partial charge in [0, 0.05) is 73.0 Å². The van der Waals surface area contributed by atoms with Crippen LogP contribution in [0.4, 0.5) is 29.2 Å². The number of carboxylic acids is 1. The van der Waals surface area contributed by atoms with Gasteiger partial charge in [-0.15, -0.1) is 45.7 Å². The number of morpholine rings is 1. The molecular formula is C49H51Cl5F4N12O10. The molecule has 80 heavy (non-hydrogen) atoms. The number of benzene rings is 2. The summed E-state index contributed by atoms with van der Waals surface area (Å²) in [5.41, 5.74) is 9.79. The first-order chi connectivity index (χ1) is 37.9. The second kappa shape index (κ2) is 29.3. The highest BCUT2D eigenvalue weighted by atomic mass is 35.5. The van der Waals surface area contributed by atoms with Crippen LogP contribution < -0.4 is 39.5 Å². The van der Waals surface area contributed by atoms with Gasteiger partial charge in [-0.3, -0.25) is 14.2 Å². The van der Waals surface area contributed by atoms with Gasteiger partial charge >= 0.3 is 30.6 Å². The number of carboxylic acid groups (broad SMARTS) is 1. The van der Waals surface area contributed by atoms with Gasteiger partial charge in [-0.1, -0.05) is 23.2 Å². The lowest BCUT2D eigenvalue weighted by molar-refractivity contribution is -0.287. The van der Waals surface area contributed by atoms with Gasteiger partial charge in [-0.25, -0.2) is 14.8 Å². The molecule has 5 aromatic heterocycles. The van der Waals surface area contributed by atoms with Crippen molar-refractivity contribution in [2.24, 2.45) is 0 Å². The average Bonchev–Trinajstić information content (AvgIpc) is 4.17. The first-order valence-electron chi connectivity index (χ1n) is 23.3. The fraction of sp³-hybridized carbons (Fsp3) is 0.327. The number of nitrogens with two attached hydrogens (primary N) is 1. The van der Waals surface area contributed by atoms with E-state index in [1.807, 2.05) is 13.8 Å². The number of fused-ring (bicyclic) bond motifs is 2. The molecule has 0 aliphatic carbocycles. The summed E-state index contributed by atoms with van der Waals surface area (Å²) in [6.45, 7) is 12.5. The predicted molar refractivity (Wildman–Crippen MR) is 289 cm³/mol. The van der Waals surface area contributed by atoms with Gasteiger partial charge in [-0.05, 0) is 94.9 Å². The van der Waals surface area contributed by atoms with Crippen molar-refractivity contribution in [2.75, 3.05) is 64.0 Å². The number of nitrogen functional groups attached to an aromatic ring is 1. The molecule has 0 atom stereocenters. The Hall–Kier alpha value is -7.20. The number of hydrogen-bond acceptors (Lipinski definition) is 18. The van der Waals surface area contributed by atoms with Crippen molar-refractivity contribution in [1.29, 1.82) is 0 Å². The smallest absolute Gasteiger partial charge is 0.477 e. The van der Waals surface area contributed by atoms with E-state index >= 15 is 0 Å². The summed E-state index contributed by atoms with van der Waals surface area (Å²) >= 11 is 27.2. The third kappa shape index (κ3) is 18.4. The molecule has 3 aliphatic heterocycles. The molecule has 7 aromatic rings. The second-order valence-corrected chi connectivity index (χ2v) is 18.1. The van der Waals surface area contributed by atoms with Gasteiger partial charge in [0.05, 0.1) is 54.2 Å². The van der Waals surface area contributed by atoms with Crippen molar-refractivity contribution >= 4 is 81.5 Å². The third-order valence-corrected chi connectivity index (χ3v) is 11.2. The number of hydrogen-bond donors (Lipinski definition) is 3. The summed E-state index contributed by atoms with van der Waals surface area (Å²) in [5, 5.41) is 20.3. The van der Waals surface area contributed by atoms with E-state index in [0.717, 1.165) is 37.7 Å². The number of anilines is 2. The number of aromatic carboxylic acids is 1. The number of aromatic nitrogens is 9. The number of aryl methyl sites for hydroxylation is 4. The average molecular weight is 1220 g/mol. The summed E-state index contributed by atoms with van der Waals surface area (Å²) < 4.78 is 87.4. The maximum atomic E-state index is 13.2. The number of methoxy groups -OCH3 is 2. The van der Waals surface area contributed by atoms with Crippen LogP contribution in [0.25, 0.3) is 22.3 Å². The first kappa shape index (κ1) is 63.6. The fourth-order valence-corrected chi connectivity index (χ4v) is 7.51. The number of halogens is 9. The molecule has 0 spiro atoms. The Balaban J connectivity index is 0.000000198. The number of amides is 1. The lowest BCUT2D eigenvalue weighted by Crippen LogP contribution is -2.32. The fourth-order valence-electron chi connectivity index (χ4n) is 6.84. The minimum atomic E-state index is -3.72. The van der Waals surface area contributed by atoms with E-state index in [1.54, 1.807) is 54.9 Å². The molecule has 1 fully saturated rings. The second-order valence-electron chi connectivity index (χ2n) is 16.1. The van der Waals surface area contributed by atoms with Gasteiger partial charge in [0.25, 0.3) is 5.91 Å². The monoisotopic (exact) mass is 1220 g/mol. The molecule has 1 saturated heterocycles. The van der Waals surface area contributed by atoms with Crippen molar-refractivity contribution in [3.63, 3.8) is 0 Å². The van der Waals surface area contributed by atoms with E-state index in [0.29, 0.717) is 52.7 Å². The summed E-state index contributed by atoms with van der Waals surface area (Å²) in [6, 6.07) is 15.3. The van der Waals surface area contributed by atoms with Crippen LogP contribution in [0.3, 0.4) is 0 Å². The highest BCUT2D eigenvalue weighted by molar-refractivity contribution is 6.40. The normalized spacial score (nSPS) is 13.9. The van der Waals surface area contributed by atoms with Crippen LogP contribution in [0.1, 0.15) is 46.2 Å². The van der Waals surface area contributed by atoms with Crippen LogP contribution in [0.15, 0.2) is 73.1 Å². The van der Waals surface area contributed by atoms with Crippen molar-refractivity contribution in [3.05, 3.63) is 111 Å². The number of alkyl halides is 6. The van der Waals surface area contributed by atoms with E-state index in [9.17, 15) is 27.2 Å². The number of nitrogens with zero attached hydrogens (tertiary/aromatic N) is 10. The Morgan fingerprint density at radius 2 is 1.14 bits per heavy atom. The van der Waals surface area contributed by atoms with Gasteiger partial charge in [0.1, 0.15) is 23.0 Å². The highest BCUT2D eigenvalue weighted by Gasteiger charge is 2.45. The maximum absolute atomic E-state index is 13.2. The molecule has 0 bridgehead atoms. The van der Waals surface area contributed by atoms with E-state index < -0.39 is 18.6 Å². The molecule has 31 heteroatoms. The lowest BCUT2D eigenvalue weighted by atomic mass is 10.1. The Kier molecular flexibility index (Phi) is 23.3. The van der Waals surface area contributed by atoms with E-state index in [-0.39, 0.29) is 67.3 Å². The molecule has 0 saturated carbocycles. The predicted octanol–water partition coefficient (Wildman–Crippen LogP) is 10.6. The first-order valence-corrected chi connectivity index (χ1v) is 25.5. The molecular weight excluding hydrogens is 1170 g/mol. The number of likely N-dealkylation sites (N-methyl/N-ethyl adjacent to an activating group) is 1. The Labute approximate surface area is 479 Å². The van der Waals surface area contributed by atoms with Gasteiger partial charge in [0.15, 0.2) is 23.0 Å². The van der Waals surface area contributed by atoms with Gasteiger partial charge in [-0.2, -0.15) is 20.2 Å². The van der Waals surface area contributed by atoms with Crippen LogP contribution in [0.5, 0.6) is 35.0 Å². The Morgan fingerprint density at radius 1 is 0.700 bits per heavy atom. The van der Waals surface area contributed by atoms with Crippen molar-refractivity contribution < 1.29 is 65.4 Å². The SMILES string of the molecule is CCn1nc(C)cc1C(=O)Nc1ccc(-c2cc3c(cc2Cl)OC(F)(F)O3)cn1.CCn1nc(C)cc1C(=O)O.CN1CCOCC1.COc1nc(Cl)nc(OC)n1.ClCCl.Nc1ccc(-c2cc3c(cc2Cl)OC(F)(F)O3)cn1. The number of rotatable bonds is 9. The largest absolute Gasteiger partial charge is 0.586 e. The van der Waals surface area contributed by atoms with E-state index in [2.05, 4.69) is 71.3 Å². The van der Waals surface area contributed by atoms with Gasteiger partial charge < -0.3 is 54.2 Å².